The van der Waals surface area contributed by atoms with E-state index < -0.39 is 0 Å². The van der Waals surface area contributed by atoms with Gasteiger partial charge in [0.25, 0.3) is 5.91 Å². The zero-order valence-electron chi connectivity index (χ0n) is 9.77. The van der Waals surface area contributed by atoms with Crippen LogP contribution in [0, 0.1) is 5.92 Å². The predicted octanol–water partition coefficient (Wildman–Crippen LogP) is 2.89. The van der Waals surface area contributed by atoms with Crippen LogP contribution in [0.2, 0.25) is 0 Å². The molecule has 0 saturated carbocycles. The molecule has 1 unspecified atom stereocenters. The van der Waals surface area contributed by atoms with Gasteiger partial charge in [0, 0.05) is 23.5 Å². The lowest BCUT2D eigenvalue weighted by atomic mass is 10.1. The van der Waals surface area contributed by atoms with E-state index in [2.05, 4.69) is 15.9 Å². The van der Waals surface area contributed by atoms with Crippen LogP contribution in [0.25, 0.3) is 0 Å². The summed E-state index contributed by atoms with van der Waals surface area (Å²) in [6.07, 6.45) is 0. The van der Waals surface area contributed by atoms with Crippen LogP contribution in [-0.2, 0) is 0 Å². The third-order valence-corrected chi connectivity index (χ3v) is 4.69. The Morgan fingerprint density at radius 2 is 2.35 bits per heavy atom. The second-order valence-corrected chi connectivity index (χ2v) is 5.99. The number of amides is 1. The molecule has 1 atom stereocenters. The van der Waals surface area contributed by atoms with E-state index in [1.54, 1.807) is 4.90 Å². The molecule has 0 bridgehead atoms. The Labute approximate surface area is 119 Å². The molecule has 1 aromatic heterocycles. The molecule has 17 heavy (non-hydrogen) atoms. The number of thiophene rings is 1. The largest absolute Gasteiger partial charge is 0.393 e. The maximum absolute atomic E-state index is 12.2. The highest BCUT2D eigenvalue weighted by atomic mass is 79.9. The summed E-state index contributed by atoms with van der Waals surface area (Å²) in [5.41, 5.74) is 5.57. The van der Waals surface area contributed by atoms with E-state index in [0.717, 1.165) is 9.35 Å². The van der Waals surface area contributed by atoms with Crippen molar-refractivity contribution in [2.75, 3.05) is 13.1 Å². The van der Waals surface area contributed by atoms with Crippen molar-refractivity contribution in [2.24, 2.45) is 11.7 Å². The fraction of sp³-hybridized carbons (Fsp3) is 0.455. The van der Waals surface area contributed by atoms with Gasteiger partial charge in [0.2, 0.25) is 0 Å². The van der Waals surface area contributed by atoms with E-state index in [1.165, 1.54) is 11.3 Å². The molecule has 1 aromatic rings. The quantitative estimate of drug-likeness (QED) is 0.842. The van der Waals surface area contributed by atoms with E-state index >= 15 is 0 Å². The maximum Gasteiger partial charge on any atom is 0.265 e. The number of thiocarbonyl (C=S) groups is 1. The van der Waals surface area contributed by atoms with Crippen LogP contribution in [0.3, 0.4) is 0 Å². The van der Waals surface area contributed by atoms with Gasteiger partial charge in [0.15, 0.2) is 0 Å². The number of nitrogens with two attached hydrogens (primary N) is 1. The van der Waals surface area contributed by atoms with E-state index in [9.17, 15) is 4.79 Å². The van der Waals surface area contributed by atoms with Crippen LogP contribution in [0.1, 0.15) is 23.5 Å². The Hall–Kier alpha value is -0.460. The summed E-state index contributed by atoms with van der Waals surface area (Å²) in [5, 5.41) is 1.89. The van der Waals surface area contributed by atoms with Crippen molar-refractivity contribution in [1.82, 2.24) is 4.90 Å². The minimum Gasteiger partial charge on any atom is -0.393 e. The minimum atomic E-state index is 0.0254. The van der Waals surface area contributed by atoms with E-state index in [0.29, 0.717) is 18.1 Å². The van der Waals surface area contributed by atoms with Crippen molar-refractivity contribution in [2.45, 2.75) is 13.8 Å². The van der Waals surface area contributed by atoms with Crippen LogP contribution in [0.15, 0.2) is 15.9 Å². The third kappa shape index (κ3) is 3.76. The highest BCUT2D eigenvalue weighted by molar-refractivity contribution is 9.10. The average Bonchev–Trinajstić information content (AvgIpc) is 2.70. The second-order valence-electron chi connectivity index (χ2n) is 3.74. The molecule has 0 aliphatic carbocycles. The maximum atomic E-state index is 12.2. The van der Waals surface area contributed by atoms with Crippen molar-refractivity contribution >= 4 is 50.4 Å². The van der Waals surface area contributed by atoms with Gasteiger partial charge in [-0.15, -0.1) is 11.3 Å². The van der Waals surface area contributed by atoms with Crippen LogP contribution < -0.4 is 5.73 Å². The SMILES string of the molecule is CCN(CC(C)C(N)=S)C(=O)c1sccc1Br. The molecule has 2 N–H and O–H groups in total. The number of rotatable bonds is 5. The average molecular weight is 335 g/mol. The fourth-order valence-corrected chi connectivity index (χ4v) is 2.95. The van der Waals surface area contributed by atoms with E-state index in [4.69, 9.17) is 18.0 Å². The summed E-state index contributed by atoms with van der Waals surface area (Å²) >= 11 is 9.74. The Balaban J connectivity index is 2.78. The van der Waals surface area contributed by atoms with Crippen molar-refractivity contribution in [1.29, 1.82) is 0 Å². The van der Waals surface area contributed by atoms with Crippen LogP contribution in [-0.4, -0.2) is 28.9 Å². The molecule has 0 fully saturated rings. The summed E-state index contributed by atoms with van der Waals surface area (Å²) in [6, 6.07) is 1.88. The molecule has 6 heteroatoms. The molecule has 0 spiro atoms. The Morgan fingerprint density at radius 3 is 2.76 bits per heavy atom. The lowest BCUT2D eigenvalue weighted by Gasteiger charge is -2.23. The molecule has 0 saturated heterocycles. The summed E-state index contributed by atoms with van der Waals surface area (Å²) in [6.45, 7) is 5.10. The van der Waals surface area contributed by atoms with Crippen molar-refractivity contribution in [3.05, 3.63) is 20.8 Å². The number of hydrogen-bond donors (Lipinski definition) is 1. The van der Waals surface area contributed by atoms with Gasteiger partial charge in [-0.05, 0) is 34.3 Å². The van der Waals surface area contributed by atoms with Crippen LogP contribution >= 0.6 is 39.5 Å². The number of halogens is 1. The lowest BCUT2D eigenvalue weighted by Crippen LogP contribution is -2.37. The molecule has 1 heterocycles. The van der Waals surface area contributed by atoms with Gasteiger partial charge in [-0.3, -0.25) is 4.79 Å². The molecule has 3 nitrogen and oxygen atoms in total. The molecule has 1 amide bonds. The summed E-state index contributed by atoms with van der Waals surface area (Å²) < 4.78 is 0.842. The standard InChI is InChI=1S/C11H15BrN2OS2/c1-3-14(6-7(2)10(13)16)11(15)9-8(12)4-5-17-9/h4-5,7H,3,6H2,1-2H3,(H2,13,16). The first-order valence-electron chi connectivity index (χ1n) is 5.29. The Morgan fingerprint density at radius 1 is 1.71 bits per heavy atom. The van der Waals surface area contributed by atoms with Gasteiger partial charge in [-0.25, -0.2) is 0 Å². The van der Waals surface area contributed by atoms with Gasteiger partial charge in [0.1, 0.15) is 4.88 Å². The zero-order chi connectivity index (χ0) is 13.0. The van der Waals surface area contributed by atoms with E-state index in [-0.39, 0.29) is 11.8 Å². The lowest BCUT2D eigenvalue weighted by molar-refractivity contribution is 0.0759. The monoisotopic (exact) mass is 334 g/mol. The first-order chi connectivity index (χ1) is 7.97. The highest BCUT2D eigenvalue weighted by Crippen LogP contribution is 2.24. The van der Waals surface area contributed by atoms with Crippen molar-refractivity contribution < 1.29 is 4.79 Å². The van der Waals surface area contributed by atoms with Gasteiger partial charge in [0.05, 0.1) is 4.99 Å². The molecular formula is C11H15BrN2OS2. The normalized spacial score (nSPS) is 12.2. The molecule has 1 rings (SSSR count). The summed E-state index contributed by atoms with van der Waals surface area (Å²) in [4.78, 5) is 15.2. The number of carbonyl (C=O) groups is 1. The molecular weight excluding hydrogens is 320 g/mol. The summed E-state index contributed by atoms with van der Waals surface area (Å²) in [5.74, 6) is 0.0603. The Bertz CT molecular complexity index is 419. The fourth-order valence-electron chi connectivity index (χ4n) is 1.37. The number of hydrogen-bond acceptors (Lipinski definition) is 3. The van der Waals surface area contributed by atoms with Gasteiger partial charge in [-0.1, -0.05) is 19.1 Å². The first-order valence-corrected chi connectivity index (χ1v) is 7.37. The van der Waals surface area contributed by atoms with Crippen LogP contribution in [0.5, 0.6) is 0 Å². The Kier molecular flexibility index (Phi) is 5.55. The van der Waals surface area contributed by atoms with Crippen molar-refractivity contribution in [3.63, 3.8) is 0 Å². The topological polar surface area (TPSA) is 46.3 Å². The van der Waals surface area contributed by atoms with Crippen LogP contribution in [0.4, 0.5) is 0 Å². The number of carbonyl (C=O) groups excluding carboxylic acids is 1. The smallest absolute Gasteiger partial charge is 0.265 e. The zero-order valence-corrected chi connectivity index (χ0v) is 13.0. The van der Waals surface area contributed by atoms with Gasteiger partial charge < -0.3 is 10.6 Å². The third-order valence-electron chi connectivity index (χ3n) is 2.46. The molecule has 94 valence electrons. The number of nitrogens with zero attached hydrogens (tertiary/aromatic N) is 1. The molecule has 0 aromatic carbocycles. The highest BCUT2D eigenvalue weighted by Gasteiger charge is 2.20. The molecule has 0 aliphatic heterocycles. The van der Waals surface area contributed by atoms with Gasteiger partial charge >= 0.3 is 0 Å². The van der Waals surface area contributed by atoms with E-state index in [1.807, 2.05) is 25.3 Å². The second kappa shape index (κ2) is 6.47. The predicted molar refractivity (Wildman–Crippen MR) is 79.5 cm³/mol. The summed E-state index contributed by atoms with van der Waals surface area (Å²) in [7, 11) is 0. The minimum absolute atomic E-state index is 0.0254. The first kappa shape index (κ1) is 14.6. The molecule has 0 radical (unpaired) electrons. The van der Waals surface area contributed by atoms with Gasteiger partial charge in [-0.2, -0.15) is 0 Å². The molecule has 0 aliphatic rings. The van der Waals surface area contributed by atoms with Crippen molar-refractivity contribution in [3.8, 4) is 0 Å².